The number of hydrogen-bond acceptors (Lipinski definition) is 20. The Morgan fingerprint density at radius 1 is 0.434 bits per heavy atom. The van der Waals surface area contributed by atoms with Gasteiger partial charge in [-0.05, 0) is 51.5 Å². The van der Waals surface area contributed by atoms with Gasteiger partial charge in [0.2, 0.25) is 17.7 Å². The zero-order chi connectivity index (χ0) is 57.8. The van der Waals surface area contributed by atoms with Crippen LogP contribution in [0.4, 0.5) is 0 Å². The highest BCUT2D eigenvalue weighted by Crippen LogP contribution is 2.14. The number of unbranched alkanes of at least 4 members (excludes halogenated alkanes) is 2. The molecular weight excluding hydrogens is 1030 g/mol. The highest BCUT2D eigenvalue weighted by Gasteiger charge is 2.35. The number of carbonyl (C=O) groups is 12. The predicted octanol–water partition coefficient (Wildman–Crippen LogP) is -3.88. The number of carboxylic acid groups (broad SMARTS) is 9. The summed E-state index contributed by atoms with van der Waals surface area (Å²) in [6.45, 7) is -5.23. The zero-order valence-electron chi connectivity index (χ0n) is 42.1. The molecule has 32 nitrogen and oxygen atoms in total. The first-order valence-electron chi connectivity index (χ1n) is 23.9. The lowest BCUT2D eigenvalue weighted by Crippen LogP contribution is -2.58. The van der Waals surface area contributed by atoms with Crippen molar-refractivity contribution in [2.24, 2.45) is 0 Å². The predicted molar refractivity (Wildman–Crippen MR) is 255 cm³/mol. The maximum absolute atomic E-state index is 12.9. The van der Waals surface area contributed by atoms with E-state index in [0.717, 1.165) is 14.7 Å². The number of nitrogens with zero attached hydrogens (tertiary/aromatic N) is 3. The molecule has 0 aromatic rings. The Morgan fingerprint density at radius 2 is 0.763 bits per heavy atom. The van der Waals surface area contributed by atoms with E-state index in [1.54, 1.807) is 6.92 Å². The van der Waals surface area contributed by atoms with E-state index in [-0.39, 0.29) is 130 Å². The molecule has 76 heavy (non-hydrogen) atoms. The Morgan fingerprint density at radius 3 is 1.08 bits per heavy atom. The van der Waals surface area contributed by atoms with Gasteiger partial charge in [0.05, 0.1) is 78.9 Å². The maximum atomic E-state index is 12.9. The Kier molecular flexibility index (Phi) is 35.4. The Hall–Kier alpha value is -6.68. The maximum Gasteiger partial charge on any atom is 0.320 e. The average molecular weight is 1100 g/mol. The minimum Gasteiger partial charge on any atom is -0.480 e. The number of amides is 3. The highest BCUT2D eigenvalue weighted by atomic mass is 16.5. The molecule has 0 rings (SSSR count). The number of hydrogen-bond donors (Lipinski definition) is 14. The third-order valence-electron chi connectivity index (χ3n) is 10.8. The van der Waals surface area contributed by atoms with Crippen LogP contribution in [0.15, 0.2) is 0 Å². The molecule has 0 aromatic carbocycles. The van der Waals surface area contributed by atoms with Gasteiger partial charge >= 0.3 is 53.7 Å². The molecule has 0 saturated heterocycles. The molecule has 0 bridgehead atoms. The van der Waals surface area contributed by atoms with Gasteiger partial charge in [-0.3, -0.25) is 77.6 Å². The van der Waals surface area contributed by atoms with Crippen molar-refractivity contribution in [3.05, 3.63) is 0 Å². The summed E-state index contributed by atoms with van der Waals surface area (Å²) in [6, 6.07) is -4.36. The average Bonchev–Trinajstić information content (AvgIpc) is 3.29. The molecule has 0 spiro atoms. The van der Waals surface area contributed by atoms with Gasteiger partial charge in [-0.1, -0.05) is 6.92 Å². The van der Waals surface area contributed by atoms with Crippen molar-refractivity contribution >= 4 is 71.4 Å². The summed E-state index contributed by atoms with van der Waals surface area (Å²) in [5.74, 6) is -14.4. The molecule has 4 unspecified atom stereocenters. The normalized spacial score (nSPS) is 13.7. The van der Waals surface area contributed by atoms with Crippen LogP contribution in [0.3, 0.4) is 0 Å². The van der Waals surface area contributed by atoms with E-state index in [9.17, 15) is 78.0 Å². The number of carboxylic acids is 9. The lowest BCUT2D eigenvalue weighted by Gasteiger charge is -2.34. The zero-order valence-corrected chi connectivity index (χ0v) is 42.1. The van der Waals surface area contributed by atoms with Crippen molar-refractivity contribution in [3.8, 4) is 0 Å². The monoisotopic (exact) mass is 1100 g/mol. The van der Waals surface area contributed by atoms with Gasteiger partial charge in [-0.15, -0.1) is 0 Å². The van der Waals surface area contributed by atoms with Crippen LogP contribution in [0, 0.1) is 0 Å². The summed E-state index contributed by atoms with van der Waals surface area (Å²) in [5, 5.41) is 105. The number of carbonyl (C=O) groups excluding carboxylic acids is 3. The molecule has 0 fully saturated rings. The van der Waals surface area contributed by atoms with E-state index in [4.69, 9.17) is 44.8 Å². The molecule has 0 radical (unpaired) electrons. The van der Waals surface area contributed by atoms with E-state index in [2.05, 4.69) is 21.3 Å². The third-order valence-corrected chi connectivity index (χ3v) is 10.8. The first-order chi connectivity index (χ1) is 35.7. The molecule has 0 saturated carbocycles. The smallest absolute Gasteiger partial charge is 0.320 e. The topological polar surface area (TPSA) is 493 Å². The van der Waals surface area contributed by atoms with Crippen molar-refractivity contribution in [2.75, 3.05) is 98.5 Å². The van der Waals surface area contributed by atoms with Gasteiger partial charge in [0.15, 0.2) is 0 Å². The molecule has 0 heterocycles. The van der Waals surface area contributed by atoms with Crippen LogP contribution in [0.5, 0.6) is 0 Å². The number of rotatable bonds is 49. The quantitative estimate of drug-likeness (QED) is 0.0205. The molecule has 0 aliphatic carbocycles. The van der Waals surface area contributed by atoms with E-state index in [0.29, 0.717) is 0 Å². The van der Waals surface area contributed by atoms with E-state index in [1.165, 1.54) is 0 Å². The minimum atomic E-state index is -1.54. The van der Waals surface area contributed by atoms with Crippen molar-refractivity contribution in [3.63, 3.8) is 0 Å². The second-order valence-electron chi connectivity index (χ2n) is 17.2. The molecular formula is C44H73N7O25. The van der Waals surface area contributed by atoms with Gasteiger partial charge in [-0.25, -0.2) is 0 Å². The first-order valence-corrected chi connectivity index (χ1v) is 23.9. The molecule has 32 heteroatoms. The summed E-state index contributed by atoms with van der Waals surface area (Å²) < 4.78 is 17.4. The van der Waals surface area contributed by atoms with Crippen molar-refractivity contribution in [1.82, 2.24) is 36.0 Å². The van der Waals surface area contributed by atoms with Crippen LogP contribution in [0.25, 0.3) is 0 Å². The molecule has 0 aromatic heterocycles. The lowest BCUT2D eigenvalue weighted by atomic mass is 10.0. The Bertz CT molecular complexity index is 1780. The van der Waals surface area contributed by atoms with Gasteiger partial charge in [0, 0.05) is 38.8 Å². The molecule has 4 atom stereocenters. The first kappa shape index (κ1) is 69.3. The summed E-state index contributed by atoms with van der Waals surface area (Å²) in [4.78, 5) is 143. The fraction of sp³-hybridized carbons (Fsp3) is 0.727. The van der Waals surface area contributed by atoms with E-state index < -0.39 is 141 Å². The number of nitrogens with one attached hydrogen (secondary N) is 4. The third kappa shape index (κ3) is 33.3. The summed E-state index contributed by atoms with van der Waals surface area (Å²) in [5.41, 5.74) is -1.49. The fourth-order valence-corrected chi connectivity index (χ4v) is 7.25. The SMILES string of the molecule is CCC(=O)NC(COCCC(=O)NCCCCC(C(=O)O)N(CC(=O)O)CC(=O)O)(COCCC(=O)NCCCCC(C(=O)O)N(CC(=O)O)CC(=O)O)COCCC(O)NCCC(C(=O)O)N(CC(=O)O)CC(=O)O. The van der Waals surface area contributed by atoms with Crippen LogP contribution < -0.4 is 21.3 Å². The molecule has 0 aliphatic heterocycles. The van der Waals surface area contributed by atoms with Gasteiger partial charge in [0.1, 0.15) is 29.9 Å². The van der Waals surface area contributed by atoms with Crippen molar-refractivity contribution in [2.45, 2.75) is 107 Å². The number of aliphatic hydroxyl groups excluding tert-OH is 1. The second-order valence-corrected chi connectivity index (χ2v) is 17.2. The molecule has 0 aliphatic rings. The second kappa shape index (κ2) is 38.8. The van der Waals surface area contributed by atoms with Gasteiger partial charge in [0.25, 0.3) is 0 Å². The van der Waals surface area contributed by atoms with Crippen LogP contribution in [-0.2, 0) is 71.7 Å². The van der Waals surface area contributed by atoms with Crippen molar-refractivity contribution in [1.29, 1.82) is 0 Å². The number of ether oxygens (including phenoxy) is 3. The molecule has 434 valence electrons. The van der Waals surface area contributed by atoms with Crippen LogP contribution >= 0.6 is 0 Å². The Labute approximate surface area is 435 Å². The van der Waals surface area contributed by atoms with Crippen molar-refractivity contribution < 1.29 is 123 Å². The number of aliphatic carboxylic acids is 9. The summed E-state index contributed by atoms with van der Waals surface area (Å²) in [7, 11) is 0. The van der Waals surface area contributed by atoms with Gasteiger partial charge < -0.3 is 81.2 Å². The molecule has 3 amide bonds. The fourth-order valence-electron chi connectivity index (χ4n) is 7.25. The van der Waals surface area contributed by atoms with Crippen LogP contribution in [0.2, 0.25) is 0 Å². The Balaban J connectivity index is 5.73. The van der Waals surface area contributed by atoms with E-state index >= 15 is 0 Å². The van der Waals surface area contributed by atoms with Crippen LogP contribution in [-0.4, -0.2) is 266 Å². The molecule has 14 N–H and O–H groups in total. The standard InChI is InChI=1S/C44H73N7O25/c1-2-31(52)48-44(27-76-18-12-34(55)47-15-9-30(43(72)73)51(23-39(64)65)24-40(66)67,25-74-16-10-32(53)45-13-5-3-7-28(41(68)69)49(19-35(56)57)20-36(58)59)26-75-17-11-33(54)46-14-6-4-8-29(42(70)71)50(21-37(60)61)22-38(62)63/h28-30,34,47,55H,2-27H2,1H3,(H,45,53)(H,46,54)(H,48,52)(H,56,57)(H,58,59)(H,60,61)(H,62,63)(H,64,65)(H,66,67)(H,68,69)(H,70,71)(H,72,73). The summed E-state index contributed by atoms with van der Waals surface area (Å²) in [6.07, 6.45) is -1.62. The minimum absolute atomic E-state index is 0.0301. The van der Waals surface area contributed by atoms with Gasteiger partial charge in [-0.2, -0.15) is 0 Å². The highest BCUT2D eigenvalue weighted by molar-refractivity contribution is 5.80. The number of aliphatic hydroxyl groups is 1. The van der Waals surface area contributed by atoms with E-state index in [1.807, 2.05) is 0 Å². The summed E-state index contributed by atoms with van der Waals surface area (Å²) >= 11 is 0. The lowest BCUT2D eigenvalue weighted by molar-refractivity contribution is -0.152. The van der Waals surface area contributed by atoms with Crippen LogP contribution in [0.1, 0.15) is 77.6 Å². The largest absolute Gasteiger partial charge is 0.480 e.